The largest absolute Gasteiger partial charge is 0.383 e. The molecule has 0 spiro atoms. The van der Waals surface area contributed by atoms with Gasteiger partial charge >= 0.3 is 0 Å². The van der Waals surface area contributed by atoms with Gasteiger partial charge in [-0.2, -0.15) is 0 Å². The Morgan fingerprint density at radius 1 is 1.05 bits per heavy atom. The normalized spacial score (nSPS) is 17.0. The van der Waals surface area contributed by atoms with Crippen molar-refractivity contribution in [2.75, 3.05) is 11.9 Å². The summed E-state index contributed by atoms with van der Waals surface area (Å²) < 4.78 is 0. The average molecular weight is 294 g/mol. The van der Waals surface area contributed by atoms with E-state index in [0.29, 0.717) is 5.92 Å². The lowest BCUT2D eigenvalue weighted by molar-refractivity contribution is 0.543. The van der Waals surface area contributed by atoms with Crippen molar-refractivity contribution in [1.82, 2.24) is 0 Å². The third-order valence-electron chi connectivity index (χ3n) is 4.42. The van der Waals surface area contributed by atoms with Crippen molar-refractivity contribution in [3.8, 4) is 0 Å². The van der Waals surface area contributed by atoms with Gasteiger partial charge in [-0.25, -0.2) is 0 Å². The van der Waals surface area contributed by atoms with E-state index in [0.717, 1.165) is 11.6 Å². The molecule has 0 saturated heterocycles. The number of unbranched alkanes of at least 4 members (excludes halogenated alkanes) is 7. The SMILES string of the molecule is CCCCCCCCCCC1CNc2c(Cl)cccc21. The summed E-state index contributed by atoms with van der Waals surface area (Å²) >= 11 is 6.22. The van der Waals surface area contributed by atoms with E-state index in [-0.39, 0.29) is 0 Å². The fraction of sp³-hybridized carbons (Fsp3) is 0.667. The van der Waals surface area contributed by atoms with Gasteiger partial charge in [0.15, 0.2) is 0 Å². The van der Waals surface area contributed by atoms with Crippen LogP contribution >= 0.6 is 11.6 Å². The zero-order valence-corrected chi connectivity index (χ0v) is 13.5. The molecule has 1 aliphatic heterocycles. The van der Waals surface area contributed by atoms with Crippen LogP contribution in [0.2, 0.25) is 5.02 Å². The topological polar surface area (TPSA) is 12.0 Å². The summed E-state index contributed by atoms with van der Waals surface area (Å²) in [5.74, 6) is 0.670. The average Bonchev–Trinajstić information content (AvgIpc) is 2.87. The molecule has 2 heteroatoms. The molecule has 0 aliphatic carbocycles. The molecular formula is C18H28ClN. The van der Waals surface area contributed by atoms with Crippen molar-refractivity contribution in [3.63, 3.8) is 0 Å². The molecule has 0 amide bonds. The van der Waals surface area contributed by atoms with Crippen molar-refractivity contribution >= 4 is 17.3 Å². The second-order valence-electron chi connectivity index (χ2n) is 6.05. The summed E-state index contributed by atoms with van der Waals surface area (Å²) in [7, 11) is 0. The van der Waals surface area contributed by atoms with Gasteiger partial charge in [0.25, 0.3) is 0 Å². The standard InChI is InChI=1S/C18H28ClN/c1-2-3-4-5-6-7-8-9-11-15-14-20-18-16(15)12-10-13-17(18)19/h10,12-13,15,20H,2-9,11,14H2,1H3. The molecule has 0 bridgehead atoms. The van der Waals surface area contributed by atoms with Crippen LogP contribution in [0.4, 0.5) is 5.69 Å². The van der Waals surface area contributed by atoms with Crippen molar-refractivity contribution in [2.24, 2.45) is 0 Å². The van der Waals surface area contributed by atoms with Gasteiger partial charge in [-0.05, 0) is 18.1 Å². The highest BCUT2D eigenvalue weighted by Gasteiger charge is 2.22. The second-order valence-corrected chi connectivity index (χ2v) is 6.45. The van der Waals surface area contributed by atoms with Gasteiger partial charge in [-0.1, -0.05) is 82.0 Å². The van der Waals surface area contributed by atoms with E-state index in [2.05, 4.69) is 24.4 Å². The van der Waals surface area contributed by atoms with Crippen molar-refractivity contribution in [1.29, 1.82) is 0 Å². The Hall–Kier alpha value is -0.690. The van der Waals surface area contributed by atoms with Gasteiger partial charge in [0.05, 0.1) is 10.7 Å². The maximum atomic E-state index is 6.22. The molecule has 2 rings (SSSR count). The second kappa shape index (κ2) is 8.56. The summed E-state index contributed by atoms with van der Waals surface area (Å²) in [6.07, 6.45) is 12.5. The fourth-order valence-electron chi connectivity index (χ4n) is 3.18. The predicted molar refractivity (Wildman–Crippen MR) is 89.9 cm³/mol. The van der Waals surface area contributed by atoms with Crippen LogP contribution in [0.3, 0.4) is 0 Å². The summed E-state index contributed by atoms with van der Waals surface area (Å²) in [6.45, 7) is 3.34. The minimum atomic E-state index is 0.670. The molecule has 1 aliphatic rings. The quantitative estimate of drug-likeness (QED) is 0.521. The first-order valence-corrected chi connectivity index (χ1v) is 8.73. The summed E-state index contributed by atoms with van der Waals surface area (Å²) in [4.78, 5) is 0. The first kappa shape index (κ1) is 15.7. The van der Waals surface area contributed by atoms with Crippen LogP contribution in [0.5, 0.6) is 0 Å². The molecule has 112 valence electrons. The lowest BCUT2D eigenvalue weighted by atomic mass is 9.94. The Morgan fingerprint density at radius 3 is 2.50 bits per heavy atom. The third-order valence-corrected chi connectivity index (χ3v) is 4.73. The molecule has 1 aromatic carbocycles. The molecule has 1 unspecified atom stereocenters. The maximum Gasteiger partial charge on any atom is 0.0640 e. The van der Waals surface area contributed by atoms with E-state index in [4.69, 9.17) is 11.6 Å². The highest BCUT2D eigenvalue weighted by Crippen LogP contribution is 2.39. The number of hydrogen-bond donors (Lipinski definition) is 1. The number of benzene rings is 1. The lowest BCUT2D eigenvalue weighted by Crippen LogP contribution is -2.01. The van der Waals surface area contributed by atoms with Gasteiger partial charge in [0.1, 0.15) is 0 Å². The monoisotopic (exact) mass is 293 g/mol. The first-order valence-electron chi connectivity index (χ1n) is 8.35. The Balaban J connectivity index is 1.61. The molecular weight excluding hydrogens is 266 g/mol. The highest BCUT2D eigenvalue weighted by atomic mass is 35.5. The van der Waals surface area contributed by atoms with Crippen LogP contribution < -0.4 is 5.32 Å². The Bertz CT molecular complexity index is 402. The number of anilines is 1. The van der Waals surface area contributed by atoms with Crippen LogP contribution in [-0.4, -0.2) is 6.54 Å². The van der Waals surface area contributed by atoms with Crippen molar-refractivity contribution < 1.29 is 0 Å². The number of rotatable bonds is 9. The van der Waals surface area contributed by atoms with Crippen molar-refractivity contribution in [3.05, 3.63) is 28.8 Å². The summed E-state index contributed by atoms with van der Waals surface area (Å²) in [6, 6.07) is 6.29. The molecule has 1 aromatic rings. The van der Waals surface area contributed by atoms with Gasteiger partial charge < -0.3 is 5.32 Å². The van der Waals surface area contributed by atoms with Crippen LogP contribution in [0.15, 0.2) is 18.2 Å². The van der Waals surface area contributed by atoms with E-state index < -0.39 is 0 Å². The van der Waals surface area contributed by atoms with Gasteiger partial charge in [0, 0.05) is 12.5 Å². The Morgan fingerprint density at radius 2 is 1.75 bits per heavy atom. The number of hydrogen-bond acceptors (Lipinski definition) is 1. The molecule has 1 atom stereocenters. The molecule has 1 nitrogen and oxygen atoms in total. The van der Waals surface area contributed by atoms with Crippen LogP contribution in [-0.2, 0) is 0 Å². The zero-order chi connectivity index (χ0) is 14.2. The zero-order valence-electron chi connectivity index (χ0n) is 12.8. The molecule has 20 heavy (non-hydrogen) atoms. The smallest absolute Gasteiger partial charge is 0.0640 e. The minimum Gasteiger partial charge on any atom is -0.383 e. The molecule has 0 fully saturated rings. The Labute approximate surface area is 129 Å². The molecule has 0 aromatic heterocycles. The van der Waals surface area contributed by atoms with Crippen LogP contribution in [0.1, 0.15) is 76.2 Å². The van der Waals surface area contributed by atoms with Gasteiger partial charge in [-0.3, -0.25) is 0 Å². The van der Waals surface area contributed by atoms with E-state index >= 15 is 0 Å². The molecule has 0 radical (unpaired) electrons. The summed E-state index contributed by atoms with van der Waals surface area (Å²) in [5, 5.41) is 4.34. The van der Waals surface area contributed by atoms with E-state index in [1.165, 1.54) is 69.0 Å². The number of para-hydroxylation sites is 1. The van der Waals surface area contributed by atoms with Crippen molar-refractivity contribution in [2.45, 2.75) is 70.6 Å². The number of nitrogens with one attached hydrogen (secondary N) is 1. The molecule has 0 saturated carbocycles. The van der Waals surface area contributed by atoms with Gasteiger partial charge in [-0.15, -0.1) is 0 Å². The number of fused-ring (bicyclic) bond motifs is 1. The maximum absolute atomic E-state index is 6.22. The van der Waals surface area contributed by atoms with E-state index in [1.807, 2.05) is 6.07 Å². The fourth-order valence-corrected chi connectivity index (χ4v) is 3.43. The highest BCUT2D eigenvalue weighted by molar-refractivity contribution is 6.33. The van der Waals surface area contributed by atoms with Crippen LogP contribution in [0.25, 0.3) is 0 Å². The van der Waals surface area contributed by atoms with E-state index in [1.54, 1.807) is 0 Å². The van der Waals surface area contributed by atoms with Crippen LogP contribution in [0, 0.1) is 0 Å². The minimum absolute atomic E-state index is 0.670. The molecule has 1 N–H and O–H groups in total. The number of halogens is 1. The van der Waals surface area contributed by atoms with Gasteiger partial charge in [0.2, 0.25) is 0 Å². The molecule has 1 heterocycles. The first-order chi connectivity index (χ1) is 9.83. The Kier molecular flexibility index (Phi) is 6.72. The predicted octanol–water partition coefficient (Wildman–Crippen LogP) is 6.38. The van der Waals surface area contributed by atoms with E-state index in [9.17, 15) is 0 Å². The summed E-state index contributed by atoms with van der Waals surface area (Å²) in [5.41, 5.74) is 2.61. The third kappa shape index (κ3) is 4.41. The lowest BCUT2D eigenvalue weighted by Gasteiger charge is -2.10.